The average Bonchev–Trinajstić information content (AvgIpc) is 2.98. The number of nitro benzene ring substituents is 1. The minimum absolute atomic E-state index is 0.0266. The van der Waals surface area contributed by atoms with Crippen LogP contribution in [0.3, 0.4) is 0 Å². The van der Waals surface area contributed by atoms with Crippen molar-refractivity contribution in [3.8, 4) is 5.75 Å². The first-order valence-corrected chi connectivity index (χ1v) is 15.7. The molecule has 1 saturated heterocycles. The second kappa shape index (κ2) is 11.3. The van der Waals surface area contributed by atoms with Gasteiger partial charge in [0.25, 0.3) is 17.5 Å². The smallest absolute Gasteiger partial charge is 0.335 e. The van der Waals surface area contributed by atoms with E-state index in [1.807, 2.05) is 12.1 Å². The van der Waals surface area contributed by atoms with Gasteiger partial charge in [0.15, 0.2) is 5.75 Å². The normalized spacial score (nSPS) is 26.4. The highest BCUT2D eigenvalue weighted by Gasteiger charge is 2.51. The number of hydrogen-bond acceptors (Lipinski definition) is 6. The topological polar surface area (TPSA) is 119 Å². The van der Waals surface area contributed by atoms with E-state index in [1.54, 1.807) is 24.3 Å². The van der Waals surface area contributed by atoms with E-state index in [0.717, 1.165) is 22.7 Å². The minimum atomic E-state index is -0.829. The number of benzene rings is 3. The van der Waals surface area contributed by atoms with Gasteiger partial charge in [0.2, 0.25) is 0 Å². The summed E-state index contributed by atoms with van der Waals surface area (Å²) in [5.74, 6) is 0.926. The lowest BCUT2D eigenvalue weighted by molar-refractivity contribution is -0.384. The second-order valence-electron chi connectivity index (χ2n) is 12.7. The van der Waals surface area contributed by atoms with Crippen LogP contribution < -0.4 is 15.0 Å². The summed E-state index contributed by atoms with van der Waals surface area (Å²) < 4.78 is 5.74. The molecule has 1 heterocycles. The van der Waals surface area contributed by atoms with Crippen LogP contribution in [0.25, 0.3) is 6.08 Å². The number of imide groups is 2. The Kier molecular flexibility index (Phi) is 7.41. The van der Waals surface area contributed by atoms with Gasteiger partial charge in [-0.05, 0) is 109 Å². The summed E-state index contributed by atoms with van der Waals surface area (Å²) >= 11 is 12.9. The quantitative estimate of drug-likeness (QED) is 0.122. The summed E-state index contributed by atoms with van der Waals surface area (Å²) in [4.78, 5) is 50.8. The predicted molar refractivity (Wildman–Crippen MR) is 169 cm³/mol. The molecule has 4 saturated carbocycles. The maximum Gasteiger partial charge on any atom is 0.335 e. The molecule has 3 aromatic rings. The first kappa shape index (κ1) is 29.5. The van der Waals surface area contributed by atoms with Crippen molar-refractivity contribution in [2.45, 2.75) is 50.5 Å². The highest BCUT2D eigenvalue weighted by atomic mass is 35.5. The third-order valence-corrected chi connectivity index (χ3v) is 10.3. The van der Waals surface area contributed by atoms with Gasteiger partial charge in [-0.1, -0.05) is 47.5 Å². The van der Waals surface area contributed by atoms with Gasteiger partial charge < -0.3 is 4.74 Å². The van der Waals surface area contributed by atoms with Gasteiger partial charge >= 0.3 is 6.03 Å². The SMILES string of the molecule is O=C1NC(=O)N(c2ccc(C34CC5CC(CC(C5)C3)C4)cc2)C(=O)/C1=C/c1cc(Cl)c(OCc2cccc([N+](=O)[O-])c2)c(Cl)c1. The monoisotopic (exact) mass is 645 g/mol. The fraction of sp³-hybridized carbons (Fsp3) is 0.324. The molecule has 5 aliphatic rings. The highest BCUT2D eigenvalue weighted by molar-refractivity contribution is 6.40. The van der Waals surface area contributed by atoms with Crippen LogP contribution >= 0.6 is 23.2 Å². The van der Waals surface area contributed by atoms with E-state index in [9.17, 15) is 24.5 Å². The van der Waals surface area contributed by atoms with E-state index in [-0.39, 0.29) is 39.1 Å². The van der Waals surface area contributed by atoms with Crippen molar-refractivity contribution >= 4 is 58.5 Å². The molecular formula is C34H29Cl2N3O6. The third kappa shape index (κ3) is 5.48. The van der Waals surface area contributed by atoms with E-state index in [2.05, 4.69) is 5.32 Å². The lowest BCUT2D eigenvalue weighted by Crippen LogP contribution is -2.54. The predicted octanol–water partition coefficient (Wildman–Crippen LogP) is 7.61. The Balaban J connectivity index is 1.10. The van der Waals surface area contributed by atoms with Crippen molar-refractivity contribution in [3.63, 3.8) is 0 Å². The van der Waals surface area contributed by atoms with E-state index in [4.69, 9.17) is 27.9 Å². The maximum absolute atomic E-state index is 13.6. The molecule has 1 aliphatic heterocycles. The first-order chi connectivity index (χ1) is 21.6. The molecule has 4 aliphatic carbocycles. The summed E-state index contributed by atoms with van der Waals surface area (Å²) in [6, 6.07) is 15.8. The Bertz CT molecular complexity index is 1730. The number of carbonyl (C=O) groups excluding carboxylic acids is 3. The molecule has 0 unspecified atom stereocenters. The van der Waals surface area contributed by atoms with Gasteiger partial charge in [-0.15, -0.1) is 0 Å². The number of nitro groups is 1. The molecule has 0 radical (unpaired) electrons. The molecule has 5 fully saturated rings. The van der Waals surface area contributed by atoms with Crippen LogP contribution in [0.2, 0.25) is 10.0 Å². The summed E-state index contributed by atoms with van der Waals surface area (Å²) in [6.07, 6.45) is 8.95. The fourth-order valence-electron chi connectivity index (χ4n) is 8.20. The van der Waals surface area contributed by atoms with Crippen molar-refractivity contribution in [2.75, 3.05) is 4.90 Å². The standard InChI is InChI=1S/C34H29Cl2N3O6/c35-28-13-20(14-29(36)30(28)45-18-19-2-1-3-26(11-19)39(43)44)12-27-31(40)37-33(42)38(32(27)41)25-6-4-24(5-7-25)34-15-21-8-22(16-34)10-23(9-21)17-34/h1-7,11-14,21-23H,8-10,15-18H2,(H,37,40,42)/b27-12+. The van der Waals surface area contributed by atoms with Crippen LogP contribution in [0.15, 0.2) is 66.2 Å². The number of non-ortho nitro benzene ring substituents is 1. The van der Waals surface area contributed by atoms with Crippen molar-refractivity contribution in [3.05, 3.63) is 103 Å². The highest BCUT2D eigenvalue weighted by Crippen LogP contribution is 2.60. The Labute approximate surface area is 269 Å². The van der Waals surface area contributed by atoms with E-state index >= 15 is 0 Å². The Morgan fingerprint density at radius 1 is 0.933 bits per heavy atom. The number of rotatable bonds is 7. The van der Waals surface area contributed by atoms with Crippen LogP contribution in [-0.2, 0) is 21.6 Å². The second-order valence-corrected chi connectivity index (χ2v) is 13.5. The lowest BCUT2D eigenvalue weighted by Gasteiger charge is -2.57. The first-order valence-electron chi connectivity index (χ1n) is 15.0. The zero-order chi connectivity index (χ0) is 31.5. The molecule has 4 bridgehead atoms. The largest absolute Gasteiger partial charge is 0.486 e. The molecule has 8 rings (SSSR count). The van der Waals surface area contributed by atoms with Crippen molar-refractivity contribution in [1.82, 2.24) is 5.32 Å². The van der Waals surface area contributed by atoms with Crippen LogP contribution in [-0.4, -0.2) is 22.8 Å². The van der Waals surface area contributed by atoms with Gasteiger partial charge in [0.1, 0.15) is 12.2 Å². The molecule has 0 spiro atoms. The number of barbiturate groups is 1. The average molecular weight is 647 g/mol. The van der Waals surface area contributed by atoms with Gasteiger partial charge in [-0.2, -0.15) is 0 Å². The molecule has 11 heteroatoms. The number of anilines is 1. The molecule has 3 aromatic carbocycles. The molecule has 45 heavy (non-hydrogen) atoms. The van der Waals surface area contributed by atoms with Crippen molar-refractivity contribution in [2.24, 2.45) is 17.8 Å². The number of nitrogens with one attached hydrogen (secondary N) is 1. The third-order valence-electron chi connectivity index (χ3n) is 9.71. The Morgan fingerprint density at radius 3 is 2.16 bits per heavy atom. The van der Waals surface area contributed by atoms with Crippen LogP contribution in [0.4, 0.5) is 16.2 Å². The van der Waals surface area contributed by atoms with Crippen LogP contribution in [0.5, 0.6) is 5.75 Å². The molecular weight excluding hydrogens is 617 g/mol. The number of halogens is 2. The lowest BCUT2D eigenvalue weighted by atomic mass is 9.48. The number of ether oxygens (including phenoxy) is 1. The Morgan fingerprint density at radius 2 is 1.56 bits per heavy atom. The zero-order valence-corrected chi connectivity index (χ0v) is 25.6. The number of amides is 4. The summed E-state index contributed by atoms with van der Waals surface area (Å²) in [6.45, 7) is -0.0266. The molecule has 1 N–H and O–H groups in total. The van der Waals surface area contributed by atoms with E-state index in [0.29, 0.717) is 16.8 Å². The van der Waals surface area contributed by atoms with Gasteiger partial charge in [0.05, 0.1) is 20.7 Å². The Hall–Kier alpha value is -4.21. The number of carbonyl (C=O) groups is 3. The number of nitrogens with zero attached hydrogens (tertiary/aromatic N) is 2. The minimum Gasteiger partial charge on any atom is -0.486 e. The number of hydrogen-bond donors (Lipinski definition) is 1. The van der Waals surface area contributed by atoms with Crippen molar-refractivity contribution < 1.29 is 24.0 Å². The molecule has 4 amide bonds. The summed E-state index contributed by atoms with van der Waals surface area (Å²) in [5, 5.41) is 13.5. The summed E-state index contributed by atoms with van der Waals surface area (Å²) in [7, 11) is 0. The molecule has 0 atom stereocenters. The number of urea groups is 1. The van der Waals surface area contributed by atoms with Gasteiger partial charge in [-0.3, -0.25) is 25.0 Å². The summed E-state index contributed by atoms with van der Waals surface area (Å²) in [5.41, 5.74) is 2.38. The van der Waals surface area contributed by atoms with Gasteiger partial charge in [-0.25, -0.2) is 9.69 Å². The van der Waals surface area contributed by atoms with Gasteiger partial charge in [0, 0.05) is 12.1 Å². The van der Waals surface area contributed by atoms with Crippen LogP contribution in [0, 0.1) is 27.9 Å². The van der Waals surface area contributed by atoms with Crippen molar-refractivity contribution in [1.29, 1.82) is 0 Å². The molecule has 0 aromatic heterocycles. The molecule has 230 valence electrons. The maximum atomic E-state index is 13.6. The van der Waals surface area contributed by atoms with E-state index < -0.39 is 22.8 Å². The fourth-order valence-corrected chi connectivity index (χ4v) is 8.82. The molecule has 9 nitrogen and oxygen atoms in total. The van der Waals surface area contributed by atoms with Crippen LogP contribution in [0.1, 0.15) is 55.2 Å². The zero-order valence-electron chi connectivity index (χ0n) is 24.1. The van der Waals surface area contributed by atoms with E-state index in [1.165, 1.54) is 74.4 Å².